The van der Waals surface area contributed by atoms with Crippen LogP contribution in [0, 0.1) is 0 Å². The van der Waals surface area contributed by atoms with E-state index < -0.39 is 11.5 Å². The number of nitrogens with one attached hydrogen (secondary N) is 2. The number of hydrogen-bond donors (Lipinski definition) is 4. The van der Waals surface area contributed by atoms with E-state index in [1.54, 1.807) is 18.2 Å². The van der Waals surface area contributed by atoms with Crippen molar-refractivity contribution >= 4 is 47.0 Å². The second kappa shape index (κ2) is 13.8. The molecule has 6 N–H and O–H groups in total. The second-order valence-corrected chi connectivity index (χ2v) is 9.66. The average Bonchev–Trinajstić information content (AvgIpc) is 2.87. The molecule has 2 aromatic carbocycles. The second-order valence-electron chi connectivity index (χ2n) is 8.84. The van der Waals surface area contributed by atoms with Gasteiger partial charge >= 0.3 is 0 Å². The van der Waals surface area contributed by atoms with Crippen molar-refractivity contribution in [1.82, 2.24) is 19.8 Å². The molecule has 202 valence electrons. The van der Waals surface area contributed by atoms with E-state index in [-0.39, 0.29) is 30.1 Å². The van der Waals surface area contributed by atoms with E-state index in [0.717, 1.165) is 10.1 Å². The van der Waals surface area contributed by atoms with Crippen molar-refractivity contribution in [1.29, 1.82) is 0 Å². The Bertz CT molecular complexity index is 1320. The number of halogens is 2. The molecule has 0 aliphatic rings. The molecule has 0 fully saturated rings. The average molecular weight is 560 g/mol. The number of benzene rings is 2. The van der Waals surface area contributed by atoms with E-state index in [1.165, 1.54) is 17.5 Å². The number of nitrogens with zero attached hydrogens (tertiary/aromatic N) is 5. The predicted molar refractivity (Wildman–Crippen MR) is 152 cm³/mol. The summed E-state index contributed by atoms with van der Waals surface area (Å²) in [6.45, 7) is 0.442. The fourth-order valence-electron chi connectivity index (χ4n) is 3.88. The minimum absolute atomic E-state index is 0.0404. The number of rotatable bonds is 12. The lowest BCUT2D eigenvalue weighted by Crippen LogP contribution is -2.39. The van der Waals surface area contributed by atoms with Crippen molar-refractivity contribution in [2.24, 2.45) is 16.8 Å². The minimum atomic E-state index is -0.500. The maximum atomic E-state index is 13.2. The summed E-state index contributed by atoms with van der Waals surface area (Å²) in [6.07, 6.45) is 3.25. The highest BCUT2D eigenvalue weighted by atomic mass is 35.5. The fraction of sp³-hybridized carbons (Fsp3) is 0.280. The number of aromatic nitrogens is 2. The van der Waals surface area contributed by atoms with Gasteiger partial charge in [-0.3, -0.25) is 19.2 Å². The van der Waals surface area contributed by atoms with Gasteiger partial charge in [0, 0.05) is 24.2 Å². The third kappa shape index (κ3) is 8.18. The van der Waals surface area contributed by atoms with Crippen molar-refractivity contribution in [3.63, 3.8) is 0 Å². The molecule has 0 aliphatic heterocycles. The van der Waals surface area contributed by atoms with Gasteiger partial charge in [-0.2, -0.15) is 5.10 Å². The van der Waals surface area contributed by atoms with Gasteiger partial charge in [-0.05, 0) is 49.8 Å². The predicted octanol–water partition coefficient (Wildman–Crippen LogP) is 2.03. The third-order valence-electron chi connectivity index (χ3n) is 5.55. The fourth-order valence-corrected chi connectivity index (χ4v) is 4.26. The van der Waals surface area contributed by atoms with Gasteiger partial charge in [0.1, 0.15) is 18.0 Å². The van der Waals surface area contributed by atoms with Gasteiger partial charge in [0.05, 0.1) is 11.9 Å². The Morgan fingerprint density at radius 1 is 1.21 bits per heavy atom. The van der Waals surface area contributed by atoms with E-state index in [2.05, 4.69) is 20.7 Å². The molecule has 3 aromatic rings. The summed E-state index contributed by atoms with van der Waals surface area (Å²) in [7, 11) is 3.91. The zero-order chi connectivity index (χ0) is 27.7. The summed E-state index contributed by atoms with van der Waals surface area (Å²) in [5, 5.41) is 11.1. The molecule has 1 aromatic heterocycles. The molecule has 0 saturated heterocycles. The van der Waals surface area contributed by atoms with Gasteiger partial charge in [0.25, 0.3) is 5.56 Å². The SMILES string of the molecule is CN(C)CC(Cc1ccccc1)Nc1ncc(Cl)n(CC(=O)NCc2cc(Cl)ccc2N(N)/C=N\N)c1=O. The van der Waals surface area contributed by atoms with Crippen molar-refractivity contribution in [2.75, 3.05) is 31.0 Å². The van der Waals surface area contributed by atoms with Crippen LogP contribution in [-0.2, 0) is 24.3 Å². The largest absolute Gasteiger partial charge is 0.361 e. The highest BCUT2D eigenvalue weighted by Crippen LogP contribution is 2.22. The number of carbonyl (C=O) groups is 1. The Labute approximate surface area is 231 Å². The number of hydrogen-bond acceptors (Lipinski definition) is 8. The summed E-state index contributed by atoms with van der Waals surface area (Å²) < 4.78 is 1.16. The number of amides is 1. The smallest absolute Gasteiger partial charge is 0.294 e. The molecule has 3 rings (SSSR count). The van der Waals surface area contributed by atoms with Crippen LogP contribution >= 0.6 is 23.2 Å². The van der Waals surface area contributed by atoms with Crippen molar-refractivity contribution in [2.45, 2.75) is 25.6 Å². The zero-order valence-electron chi connectivity index (χ0n) is 21.1. The molecule has 1 heterocycles. The van der Waals surface area contributed by atoms with Gasteiger partial charge in [0.2, 0.25) is 5.91 Å². The van der Waals surface area contributed by atoms with Gasteiger partial charge in [0.15, 0.2) is 5.82 Å². The number of carbonyl (C=O) groups excluding carboxylic acids is 1. The van der Waals surface area contributed by atoms with Crippen LogP contribution in [0.25, 0.3) is 0 Å². The first-order valence-corrected chi connectivity index (χ1v) is 12.5. The Balaban J connectivity index is 1.74. The summed E-state index contributed by atoms with van der Waals surface area (Å²) in [4.78, 5) is 32.3. The van der Waals surface area contributed by atoms with Crippen LogP contribution in [0.4, 0.5) is 11.5 Å². The van der Waals surface area contributed by atoms with Crippen LogP contribution in [0.2, 0.25) is 10.2 Å². The summed E-state index contributed by atoms with van der Waals surface area (Å²) >= 11 is 12.4. The quantitative estimate of drug-likeness (QED) is 0.114. The number of hydrazone groups is 1. The summed E-state index contributed by atoms with van der Waals surface area (Å²) in [5.41, 5.74) is 1.78. The Morgan fingerprint density at radius 2 is 1.95 bits per heavy atom. The first-order valence-electron chi connectivity index (χ1n) is 11.7. The standard InChI is InChI=1S/C25H31Cl2N9O2/c1-34(2)14-20(10-17-6-4-3-5-7-17)33-24-25(38)35(22(27)13-31-24)15-23(37)30-12-18-11-19(26)8-9-21(18)36(29)16-32-28/h3-9,11,13,16,20H,10,12,14-15,28-29H2,1-2H3,(H,30,37)(H,31,33)/b32-16-. The van der Waals surface area contributed by atoms with E-state index >= 15 is 0 Å². The lowest BCUT2D eigenvalue weighted by Gasteiger charge is -2.23. The molecule has 0 spiro atoms. The summed E-state index contributed by atoms with van der Waals surface area (Å²) in [5.74, 6) is 10.8. The minimum Gasteiger partial charge on any atom is -0.361 e. The van der Waals surface area contributed by atoms with Crippen LogP contribution in [-0.4, -0.2) is 53.4 Å². The molecule has 11 nitrogen and oxygen atoms in total. The number of likely N-dealkylation sites (N-methyl/N-ethyl adjacent to an activating group) is 1. The first kappa shape index (κ1) is 28.9. The first-order chi connectivity index (χ1) is 18.2. The van der Waals surface area contributed by atoms with Crippen LogP contribution < -0.4 is 32.9 Å². The molecule has 1 atom stereocenters. The zero-order valence-corrected chi connectivity index (χ0v) is 22.7. The molecule has 0 radical (unpaired) electrons. The Hall–Kier alpha value is -3.64. The Morgan fingerprint density at radius 3 is 2.63 bits per heavy atom. The van der Waals surface area contributed by atoms with Gasteiger partial charge in [-0.25, -0.2) is 10.8 Å². The third-order valence-corrected chi connectivity index (χ3v) is 6.08. The molecular weight excluding hydrogens is 529 g/mol. The van der Waals surface area contributed by atoms with Crippen LogP contribution in [0.15, 0.2) is 64.6 Å². The maximum absolute atomic E-state index is 13.2. The topological polar surface area (TPSA) is 147 Å². The number of anilines is 2. The monoisotopic (exact) mass is 559 g/mol. The van der Waals surface area contributed by atoms with E-state index in [1.807, 2.05) is 49.3 Å². The molecule has 1 amide bonds. The van der Waals surface area contributed by atoms with Crippen molar-refractivity contribution < 1.29 is 4.79 Å². The van der Waals surface area contributed by atoms with Crippen LogP contribution in [0.3, 0.4) is 0 Å². The van der Waals surface area contributed by atoms with E-state index in [0.29, 0.717) is 29.2 Å². The van der Waals surface area contributed by atoms with E-state index in [4.69, 9.17) is 34.9 Å². The molecule has 0 aliphatic carbocycles. The molecule has 0 bridgehead atoms. The summed E-state index contributed by atoms with van der Waals surface area (Å²) in [6, 6.07) is 14.8. The molecule has 13 heteroatoms. The molecular formula is C25H31Cl2N9O2. The van der Waals surface area contributed by atoms with Crippen LogP contribution in [0.5, 0.6) is 0 Å². The number of hydrazine groups is 1. The maximum Gasteiger partial charge on any atom is 0.294 e. The Kier molecular flexibility index (Phi) is 10.5. The molecule has 0 saturated carbocycles. The van der Waals surface area contributed by atoms with Gasteiger partial charge in [-0.1, -0.05) is 53.5 Å². The van der Waals surface area contributed by atoms with Crippen molar-refractivity contribution in [3.8, 4) is 0 Å². The molecule has 38 heavy (non-hydrogen) atoms. The lowest BCUT2D eigenvalue weighted by atomic mass is 10.1. The highest BCUT2D eigenvalue weighted by molar-refractivity contribution is 6.30. The highest BCUT2D eigenvalue weighted by Gasteiger charge is 2.18. The van der Waals surface area contributed by atoms with Gasteiger partial charge < -0.3 is 21.4 Å². The van der Waals surface area contributed by atoms with Crippen molar-refractivity contribution in [3.05, 3.63) is 86.4 Å². The normalized spacial score (nSPS) is 12.1. The van der Waals surface area contributed by atoms with E-state index in [9.17, 15) is 9.59 Å². The lowest BCUT2D eigenvalue weighted by molar-refractivity contribution is -0.121. The van der Waals surface area contributed by atoms with Gasteiger partial charge in [-0.15, -0.1) is 0 Å². The van der Waals surface area contributed by atoms with Crippen LogP contribution in [0.1, 0.15) is 11.1 Å². The number of nitrogens with two attached hydrogens (primary N) is 2. The molecule has 1 unspecified atom stereocenters.